The summed E-state index contributed by atoms with van der Waals surface area (Å²) in [4.78, 5) is 10.6. The monoisotopic (exact) mass is 199 g/mol. The zero-order chi connectivity index (χ0) is 8.55. The van der Waals surface area contributed by atoms with Gasteiger partial charge in [-0.25, -0.2) is 4.79 Å². The lowest BCUT2D eigenvalue weighted by atomic mass is 10.3. The lowest BCUT2D eigenvalue weighted by Crippen LogP contribution is -1.99. The standard InChI is InChI=1S/C7H5N3O2.ClH/c11-7(12)5-2-1-3-10-4-8-9-6(5)10;/h1-4H,(H,11,12);1H. The van der Waals surface area contributed by atoms with Gasteiger partial charge in [-0.05, 0) is 12.1 Å². The smallest absolute Gasteiger partial charge is 0.339 e. The molecule has 2 aromatic rings. The summed E-state index contributed by atoms with van der Waals surface area (Å²) in [5.74, 6) is -0.992. The maximum atomic E-state index is 10.6. The summed E-state index contributed by atoms with van der Waals surface area (Å²) < 4.78 is 1.56. The molecule has 0 saturated carbocycles. The predicted octanol–water partition coefficient (Wildman–Crippen LogP) is 0.849. The summed E-state index contributed by atoms with van der Waals surface area (Å²) in [6, 6.07) is 3.13. The van der Waals surface area contributed by atoms with Crippen LogP contribution in [0.2, 0.25) is 0 Å². The first kappa shape index (κ1) is 9.47. The largest absolute Gasteiger partial charge is 0.478 e. The van der Waals surface area contributed by atoms with Crippen molar-refractivity contribution in [2.45, 2.75) is 0 Å². The summed E-state index contributed by atoms with van der Waals surface area (Å²) in [6.07, 6.45) is 3.16. The van der Waals surface area contributed by atoms with Crippen LogP contribution in [0.4, 0.5) is 0 Å². The minimum absolute atomic E-state index is 0. The number of rotatable bonds is 1. The summed E-state index contributed by atoms with van der Waals surface area (Å²) in [6.45, 7) is 0. The van der Waals surface area contributed by atoms with Crippen LogP contribution >= 0.6 is 12.4 Å². The van der Waals surface area contributed by atoms with E-state index in [1.807, 2.05) is 0 Å². The molecule has 0 unspecified atom stereocenters. The Bertz CT molecular complexity index is 440. The van der Waals surface area contributed by atoms with Gasteiger partial charge in [0.1, 0.15) is 11.9 Å². The van der Waals surface area contributed by atoms with Crippen molar-refractivity contribution in [1.29, 1.82) is 0 Å². The molecule has 0 radical (unpaired) electrons. The molecule has 2 rings (SSSR count). The molecule has 6 heteroatoms. The molecule has 0 aliphatic carbocycles. The highest BCUT2D eigenvalue weighted by molar-refractivity contribution is 5.94. The molecule has 0 aliphatic heterocycles. The number of halogens is 1. The van der Waals surface area contributed by atoms with Gasteiger partial charge in [-0.1, -0.05) is 0 Å². The van der Waals surface area contributed by atoms with Gasteiger partial charge in [-0.3, -0.25) is 4.40 Å². The lowest BCUT2D eigenvalue weighted by molar-refractivity contribution is 0.0698. The van der Waals surface area contributed by atoms with E-state index in [1.165, 1.54) is 12.4 Å². The molecule has 0 atom stereocenters. The minimum atomic E-state index is -0.992. The topological polar surface area (TPSA) is 67.5 Å². The number of hydrogen-bond donors (Lipinski definition) is 1. The van der Waals surface area contributed by atoms with Crippen molar-refractivity contribution in [1.82, 2.24) is 14.6 Å². The fraction of sp³-hybridized carbons (Fsp3) is 0. The number of carboxylic acid groups (broad SMARTS) is 1. The molecule has 0 aliphatic rings. The van der Waals surface area contributed by atoms with Gasteiger partial charge in [-0.2, -0.15) is 0 Å². The van der Waals surface area contributed by atoms with Crippen LogP contribution < -0.4 is 0 Å². The van der Waals surface area contributed by atoms with Gasteiger partial charge in [0.15, 0.2) is 5.65 Å². The van der Waals surface area contributed by atoms with E-state index in [2.05, 4.69) is 10.2 Å². The molecule has 0 saturated heterocycles. The van der Waals surface area contributed by atoms with Gasteiger partial charge in [0.05, 0.1) is 0 Å². The summed E-state index contributed by atoms with van der Waals surface area (Å²) in [7, 11) is 0. The third-order valence-corrected chi connectivity index (χ3v) is 1.55. The Kier molecular flexibility index (Phi) is 2.48. The lowest BCUT2D eigenvalue weighted by Gasteiger charge is -1.94. The molecular formula is C7H6ClN3O2. The number of hydrogen-bond acceptors (Lipinski definition) is 3. The predicted molar refractivity (Wildman–Crippen MR) is 47.2 cm³/mol. The van der Waals surface area contributed by atoms with Crippen molar-refractivity contribution in [3.8, 4) is 0 Å². The van der Waals surface area contributed by atoms with Gasteiger partial charge >= 0.3 is 5.97 Å². The molecule has 0 aromatic carbocycles. The van der Waals surface area contributed by atoms with E-state index < -0.39 is 5.97 Å². The van der Waals surface area contributed by atoms with Crippen LogP contribution in [0.15, 0.2) is 24.7 Å². The fourth-order valence-electron chi connectivity index (χ4n) is 1.02. The first-order valence-corrected chi connectivity index (χ1v) is 3.30. The summed E-state index contributed by atoms with van der Waals surface area (Å²) in [5.41, 5.74) is 0.528. The van der Waals surface area contributed by atoms with Gasteiger partial charge in [0.2, 0.25) is 0 Å². The maximum absolute atomic E-state index is 10.6. The minimum Gasteiger partial charge on any atom is -0.478 e. The number of carbonyl (C=O) groups is 1. The van der Waals surface area contributed by atoms with Gasteiger partial charge in [0, 0.05) is 6.20 Å². The molecule has 0 amide bonds. The first-order chi connectivity index (χ1) is 5.79. The van der Waals surface area contributed by atoms with E-state index in [0.29, 0.717) is 5.65 Å². The van der Waals surface area contributed by atoms with Crippen LogP contribution in [-0.4, -0.2) is 25.7 Å². The molecule has 0 fully saturated rings. The normalized spacial score (nSPS) is 9.54. The van der Waals surface area contributed by atoms with Crippen molar-refractivity contribution >= 4 is 24.0 Å². The molecule has 68 valence electrons. The van der Waals surface area contributed by atoms with Crippen LogP contribution in [0.5, 0.6) is 0 Å². The van der Waals surface area contributed by atoms with Crippen LogP contribution in [0.3, 0.4) is 0 Å². The highest BCUT2D eigenvalue weighted by Crippen LogP contribution is 2.06. The summed E-state index contributed by atoms with van der Waals surface area (Å²) >= 11 is 0. The molecular weight excluding hydrogens is 194 g/mol. The Hall–Kier alpha value is -1.62. The molecule has 1 N–H and O–H groups in total. The van der Waals surface area contributed by atoms with Gasteiger partial charge in [0.25, 0.3) is 0 Å². The second-order valence-electron chi connectivity index (χ2n) is 2.29. The third kappa shape index (κ3) is 1.46. The van der Waals surface area contributed by atoms with Crippen molar-refractivity contribution < 1.29 is 9.90 Å². The van der Waals surface area contributed by atoms with Gasteiger partial charge in [-0.15, -0.1) is 22.6 Å². The average molecular weight is 200 g/mol. The zero-order valence-electron chi connectivity index (χ0n) is 6.41. The third-order valence-electron chi connectivity index (χ3n) is 1.55. The molecule has 2 heterocycles. The highest BCUT2D eigenvalue weighted by atomic mass is 35.5. The number of pyridine rings is 1. The SMILES string of the molecule is Cl.O=C(O)c1cccn2cnnc12. The Morgan fingerprint density at radius 1 is 1.54 bits per heavy atom. The second-order valence-corrected chi connectivity index (χ2v) is 2.29. The van der Waals surface area contributed by atoms with Crippen molar-refractivity contribution in [2.75, 3.05) is 0 Å². The van der Waals surface area contributed by atoms with E-state index in [9.17, 15) is 4.79 Å². The van der Waals surface area contributed by atoms with Crippen molar-refractivity contribution in [3.63, 3.8) is 0 Å². The molecule has 0 bridgehead atoms. The highest BCUT2D eigenvalue weighted by Gasteiger charge is 2.08. The van der Waals surface area contributed by atoms with E-state index in [0.717, 1.165) is 0 Å². The number of carboxylic acids is 1. The Morgan fingerprint density at radius 3 is 3.00 bits per heavy atom. The van der Waals surface area contributed by atoms with Crippen molar-refractivity contribution in [2.24, 2.45) is 0 Å². The number of aromatic nitrogens is 3. The van der Waals surface area contributed by atoms with Crippen LogP contribution in [-0.2, 0) is 0 Å². The number of nitrogens with zero attached hydrogens (tertiary/aromatic N) is 3. The first-order valence-electron chi connectivity index (χ1n) is 3.30. The Labute approximate surface area is 79.4 Å². The molecule has 2 aromatic heterocycles. The average Bonchev–Trinajstić information content (AvgIpc) is 2.49. The van der Waals surface area contributed by atoms with Crippen molar-refractivity contribution in [3.05, 3.63) is 30.2 Å². The Morgan fingerprint density at radius 2 is 2.31 bits per heavy atom. The fourth-order valence-corrected chi connectivity index (χ4v) is 1.02. The molecule has 13 heavy (non-hydrogen) atoms. The van der Waals surface area contributed by atoms with E-state index in [-0.39, 0.29) is 18.0 Å². The molecule has 5 nitrogen and oxygen atoms in total. The second kappa shape index (κ2) is 3.40. The van der Waals surface area contributed by atoms with Crippen LogP contribution in [0.1, 0.15) is 10.4 Å². The van der Waals surface area contributed by atoms with E-state index >= 15 is 0 Å². The van der Waals surface area contributed by atoms with Crippen LogP contribution in [0, 0.1) is 0 Å². The van der Waals surface area contributed by atoms with Crippen LogP contribution in [0.25, 0.3) is 5.65 Å². The maximum Gasteiger partial charge on any atom is 0.339 e. The van der Waals surface area contributed by atoms with Gasteiger partial charge < -0.3 is 5.11 Å². The number of aromatic carboxylic acids is 1. The van der Waals surface area contributed by atoms with E-state index in [4.69, 9.17) is 5.11 Å². The summed E-state index contributed by atoms with van der Waals surface area (Å²) in [5, 5.41) is 16.0. The molecule has 0 spiro atoms. The quantitative estimate of drug-likeness (QED) is 0.740. The zero-order valence-corrected chi connectivity index (χ0v) is 7.23. The number of fused-ring (bicyclic) bond motifs is 1. The Balaban J connectivity index is 0.000000845. The van der Waals surface area contributed by atoms with E-state index in [1.54, 1.807) is 16.7 Å².